The van der Waals surface area contributed by atoms with Gasteiger partial charge in [-0.1, -0.05) is 30.1 Å². The molecule has 6 heteroatoms. The van der Waals surface area contributed by atoms with Crippen LogP contribution in [0.3, 0.4) is 0 Å². The topological polar surface area (TPSA) is 39.2 Å². The summed E-state index contributed by atoms with van der Waals surface area (Å²) in [7, 11) is 0. The van der Waals surface area contributed by atoms with Crippen molar-refractivity contribution in [2.75, 3.05) is 5.75 Å². The Morgan fingerprint density at radius 3 is 2.93 bits per heavy atom. The molecule has 0 bridgehead atoms. The molecule has 0 aliphatic rings. The highest BCUT2D eigenvalue weighted by atomic mass is 35.5. The van der Waals surface area contributed by atoms with Gasteiger partial charge in [0.25, 0.3) is 0 Å². The number of halogens is 2. The second-order valence-corrected chi connectivity index (χ2v) is 4.27. The van der Waals surface area contributed by atoms with E-state index >= 15 is 0 Å². The summed E-state index contributed by atoms with van der Waals surface area (Å²) in [6, 6.07) is 1.47. The maximum Gasteiger partial charge on any atom is 0.374 e. The van der Waals surface area contributed by atoms with E-state index in [4.69, 9.17) is 27.9 Å². The zero-order chi connectivity index (χ0) is 10.6. The van der Waals surface area contributed by atoms with Crippen LogP contribution in [-0.4, -0.2) is 16.0 Å². The van der Waals surface area contributed by atoms with Crippen molar-refractivity contribution < 1.29 is 9.53 Å². The SMILES string of the molecule is CCSC(=O)Oc1ncc(Cl)cc1Cl. The lowest BCUT2D eigenvalue weighted by Gasteiger charge is -2.03. The summed E-state index contributed by atoms with van der Waals surface area (Å²) in [4.78, 5) is 14.8. The normalized spacial score (nSPS) is 9.93. The average molecular weight is 252 g/mol. The molecule has 14 heavy (non-hydrogen) atoms. The number of thioether (sulfide) groups is 1. The first kappa shape index (κ1) is 11.6. The largest absolute Gasteiger partial charge is 0.398 e. The van der Waals surface area contributed by atoms with E-state index in [9.17, 15) is 4.79 Å². The summed E-state index contributed by atoms with van der Waals surface area (Å²) >= 11 is 12.4. The van der Waals surface area contributed by atoms with Crippen LogP contribution in [0.25, 0.3) is 0 Å². The quantitative estimate of drug-likeness (QED) is 0.753. The van der Waals surface area contributed by atoms with E-state index in [1.807, 2.05) is 6.92 Å². The van der Waals surface area contributed by atoms with Crippen molar-refractivity contribution in [3.63, 3.8) is 0 Å². The lowest BCUT2D eigenvalue weighted by atomic mass is 10.5. The van der Waals surface area contributed by atoms with Gasteiger partial charge in [0.1, 0.15) is 5.02 Å². The van der Waals surface area contributed by atoms with E-state index in [-0.39, 0.29) is 10.9 Å². The molecular weight excluding hydrogens is 245 g/mol. The molecule has 1 heterocycles. The molecule has 0 unspecified atom stereocenters. The number of ether oxygens (including phenoxy) is 1. The summed E-state index contributed by atoms with van der Waals surface area (Å²) in [6.07, 6.45) is 1.37. The molecule has 76 valence electrons. The highest BCUT2D eigenvalue weighted by Crippen LogP contribution is 2.25. The predicted molar refractivity (Wildman–Crippen MR) is 58.4 cm³/mol. The van der Waals surface area contributed by atoms with Crippen LogP contribution in [0.1, 0.15) is 6.92 Å². The molecule has 0 aliphatic carbocycles. The molecule has 0 aliphatic heterocycles. The smallest absolute Gasteiger partial charge is 0.374 e. The number of hydrogen-bond donors (Lipinski definition) is 0. The molecule has 0 aromatic carbocycles. The van der Waals surface area contributed by atoms with Gasteiger partial charge in [-0.3, -0.25) is 0 Å². The maximum absolute atomic E-state index is 11.1. The van der Waals surface area contributed by atoms with E-state index in [2.05, 4.69) is 4.98 Å². The molecule has 1 rings (SSSR count). The molecule has 3 nitrogen and oxygen atoms in total. The fraction of sp³-hybridized carbons (Fsp3) is 0.250. The first-order valence-electron chi connectivity index (χ1n) is 3.79. The van der Waals surface area contributed by atoms with Crippen LogP contribution >= 0.6 is 35.0 Å². The Morgan fingerprint density at radius 1 is 1.64 bits per heavy atom. The van der Waals surface area contributed by atoms with Gasteiger partial charge in [-0.2, -0.15) is 0 Å². The molecule has 0 fully saturated rings. The fourth-order valence-electron chi connectivity index (χ4n) is 0.703. The molecule has 0 saturated heterocycles. The zero-order valence-electron chi connectivity index (χ0n) is 7.29. The zero-order valence-corrected chi connectivity index (χ0v) is 9.62. The molecule has 0 N–H and O–H groups in total. The molecular formula is C8H7Cl2NO2S. The molecule has 0 amide bonds. The van der Waals surface area contributed by atoms with E-state index in [0.717, 1.165) is 11.8 Å². The number of carbonyl (C=O) groups excluding carboxylic acids is 1. The van der Waals surface area contributed by atoms with Crippen LogP contribution in [0.15, 0.2) is 12.3 Å². The third-order valence-corrected chi connectivity index (χ3v) is 2.30. The molecule has 0 saturated carbocycles. The van der Waals surface area contributed by atoms with Gasteiger partial charge in [0.05, 0.1) is 5.02 Å². The molecule has 1 aromatic rings. The van der Waals surface area contributed by atoms with Crippen molar-refractivity contribution in [2.24, 2.45) is 0 Å². The maximum atomic E-state index is 11.1. The van der Waals surface area contributed by atoms with Gasteiger partial charge in [0.15, 0.2) is 0 Å². The van der Waals surface area contributed by atoms with Crippen molar-refractivity contribution in [2.45, 2.75) is 6.92 Å². The Hall–Kier alpha value is -0.450. The monoisotopic (exact) mass is 251 g/mol. The van der Waals surface area contributed by atoms with Gasteiger partial charge in [-0.25, -0.2) is 9.78 Å². The standard InChI is InChI=1S/C8H7Cl2NO2S/c1-2-14-8(12)13-7-6(10)3-5(9)4-11-7/h3-4H,2H2,1H3. The Bertz CT molecular complexity index is 346. The van der Waals surface area contributed by atoms with Crippen molar-refractivity contribution in [3.8, 4) is 5.88 Å². The van der Waals surface area contributed by atoms with Crippen LogP contribution in [0.4, 0.5) is 4.79 Å². The van der Waals surface area contributed by atoms with Gasteiger partial charge in [-0.05, 0) is 17.8 Å². The first-order valence-corrected chi connectivity index (χ1v) is 5.53. The highest BCUT2D eigenvalue weighted by Gasteiger charge is 2.09. The average Bonchev–Trinajstić information content (AvgIpc) is 2.10. The number of carbonyl (C=O) groups is 1. The third-order valence-electron chi connectivity index (χ3n) is 1.22. The van der Waals surface area contributed by atoms with E-state index in [1.54, 1.807) is 0 Å². The number of aromatic nitrogens is 1. The number of nitrogens with zero attached hydrogens (tertiary/aromatic N) is 1. The van der Waals surface area contributed by atoms with Crippen molar-refractivity contribution in [1.82, 2.24) is 4.98 Å². The van der Waals surface area contributed by atoms with E-state index < -0.39 is 5.30 Å². The number of pyridine rings is 1. The Kier molecular flexibility index (Phi) is 4.51. The van der Waals surface area contributed by atoms with Gasteiger partial charge in [-0.15, -0.1) is 0 Å². The van der Waals surface area contributed by atoms with Crippen LogP contribution in [-0.2, 0) is 0 Å². The number of hydrogen-bond acceptors (Lipinski definition) is 4. The third kappa shape index (κ3) is 3.36. The van der Waals surface area contributed by atoms with E-state index in [0.29, 0.717) is 10.8 Å². The predicted octanol–water partition coefficient (Wildman–Crippen LogP) is 3.64. The minimum atomic E-state index is -0.427. The number of rotatable bonds is 2. The van der Waals surface area contributed by atoms with Crippen molar-refractivity contribution >= 4 is 40.3 Å². The Morgan fingerprint density at radius 2 is 2.36 bits per heavy atom. The highest BCUT2D eigenvalue weighted by molar-refractivity contribution is 8.13. The van der Waals surface area contributed by atoms with Crippen LogP contribution in [0.2, 0.25) is 10.0 Å². The summed E-state index contributed by atoms with van der Waals surface area (Å²) in [5.41, 5.74) is 0. The van der Waals surface area contributed by atoms with Crippen LogP contribution in [0.5, 0.6) is 5.88 Å². The Labute approximate surface area is 95.8 Å². The van der Waals surface area contributed by atoms with Gasteiger partial charge in [0.2, 0.25) is 5.88 Å². The second kappa shape index (κ2) is 5.44. The summed E-state index contributed by atoms with van der Waals surface area (Å²) in [6.45, 7) is 1.85. The van der Waals surface area contributed by atoms with Gasteiger partial charge in [0, 0.05) is 11.9 Å². The lowest BCUT2D eigenvalue weighted by Crippen LogP contribution is -2.02. The summed E-state index contributed by atoms with van der Waals surface area (Å²) in [5.74, 6) is 0.728. The fourth-order valence-corrected chi connectivity index (χ4v) is 1.50. The minimum Gasteiger partial charge on any atom is -0.398 e. The van der Waals surface area contributed by atoms with Crippen molar-refractivity contribution in [1.29, 1.82) is 0 Å². The summed E-state index contributed by atoms with van der Waals surface area (Å²) < 4.78 is 4.86. The minimum absolute atomic E-state index is 0.0852. The first-order chi connectivity index (χ1) is 6.63. The molecule has 0 radical (unpaired) electrons. The van der Waals surface area contributed by atoms with E-state index in [1.165, 1.54) is 12.3 Å². The van der Waals surface area contributed by atoms with Gasteiger partial charge < -0.3 is 4.74 Å². The summed E-state index contributed by atoms with van der Waals surface area (Å²) in [5, 5.41) is 0.199. The van der Waals surface area contributed by atoms with Crippen LogP contribution in [0, 0.1) is 0 Å². The van der Waals surface area contributed by atoms with Crippen molar-refractivity contribution in [3.05, 3.63) is 22.3 Å². The van der Waals surface area contributed by atoms with Crippen LogP contribution < -0.4 is 4.74 Å². The van der Waals surface area contributed by atoms with Gasteiger partial charge >= 0.3 is 5.30 Å². The molecule has 0 spiro atoms. The second-order valence-electron chi connectivity index (χ2n) is 2.23. The lowest BCUT2D eigenvalue weighted by molar-refractivity contribution is 0.225. The molecule has 0 atom stereocenters. The molecule has 1 aromatic heterocycles. The Balaban J connectivity index is 2.72.